The van der Waals surface area contributed by atoms with Gasteiger partial charge in [-0.25, -0.2) is 9.37 Å². The molecule has 3 heterocycles. The number of nitrogens with one attached hydrogen (secondary N) is 4. The lowest BCUT2D eigenvalue weighted by Gasteiger charge is -2.28. The van der Waals surface area contributed by atoms with Crippen LogP contribution in [0.25, 0.3) is 10.1 Å². The number of hydrogen-bond donors (Lipinski definition) is 6. The number of fused-ring (bicyclic) bond motifs is 2. The normalized spacial score (nSPS) is 15.0. The molecule has 0 aliphatic carbocycles. The molecule has 2 aromatic heterocycles. The number of amides is 3. The van der Waals surface area contributed by atoms with Crippen LogP contribution in [-0.2, 0) is 11.3 Å². The van der Waals surface area contributed by atoms with Crippen LogP contribution in [0.1, 0.15) is 38.4 Å². The maximum Gasteiger partial charge on any atom is 0.287 e. The number of carbonyl (C=O) groups excluding carboxylic acids is 3. The van der Waals surface area contributed by atoms with Crippen molar-refractivity contribution in [2.45, 2.75) is 12.6 Å². The van der Waals surface area contributed by atoms with Crippen molar-refractivity contribution >= 4 is 56.8 Å². The van der Waals surface area contributed by atoms with E-state index in [4.69, 9.17) is 23.2 Å². The van der Waals surface area contributed by atoms with E-state index in [-0.39, 0.29) is 52.4 Å². The number of aromatic nitrogens is 3. The van der Waals surface area contributed by atoms with Gasteiger partial charge in [0.25, 0.3) is 11.8 Å². The molecule has 39 heavy (non-hydrogen) atoms. The minimum Gasteiger partial charge on any atom is -0.399 e. The van der Waals surface area contributed by atoms with Crippen LogP contribution in [0.2, 0.25) is 5.02 Å². The summed E-state index contributed by atoms with van der Waals surface area (Å²) < 4.78 is 20.6. The van der Waals surface area contributed by atoms with Crippen LogP contribution in [0, 0.1) is 5.82 Å². The molecule has 1 unspecified atom stereocenters. The molecule has 5 rings (SSSR count). The first-order chi connectivity index (χ1) is 18.8. The molecule has 12 nitrogen and oxygen atoms in total. The number of anilines is 1. The lowest BCUT2D eigenvalue weighted by molar-refractivity contribution is -0.123. The van der Waals surface area contributed by atoms with E-state index in [1.54, 1.807) is 12.1 Å². The van der Waals surface area contributed by atoms with Crippen LogP contribution in [-0.4, -0.2) is 38.2 Å². The van der Waals surface area contributed by atoms with Crippen LogP contribution in [0.4, 0.5) is 10.2 Å². The molecule has 3 amide bonds. The number of imidazole rings is 1. The molecule has 1 aliphatic heterocycles. The van der Waals surface area contributed by atoms with Gasteiger partial charge in [-0.05, 0) is 35.8 Å². The number of carbonyl (C=O) groups is 3. The Labute approximate surface area is 229 Å². The van der Waals surface area contributed by atoms with Gasteiger partial charge in [0, 0.05) is 27.9 Å². The fourth-order valence-corrected chi connectivity index (χ4v) is 5.20. The average Bonchev–Trinajstić information content (AvgIpc) is 3.50. The van der Waals surface area contributed by atoms with Crippen molar-refractivity contribution in [2.75, 3.05) is 11.9 Å². The molecule has 0 saturated carbocycles. The summed E-state index contributed by atoms with van der Waals surface area (Å²) in [7, 11) is 0. The van der Waals surface area contributed by atoms with Gasteiger partial charge in [0.05, 0.1) is 23.0 Å². The van der Waals surface area contributed by atoms with Crippen molar-refractivity contribution in [3.8, 4) is 0 Å². The predicted molar refractivity (Wildman–Crippen MR) is 143 cm³/mol. The van der Waals surface area contributed by atoms with Gasteiger partial charge in [-0.1, -0.05) is 29.8 Å². The Bertz CT molecular complexity index is 1650. The van der Waals surface area contributed by atoms with Gasteiger partial charge in [-0.2, -0.15) is 4.37 Å². The number of benzene rings is 2. The van der Waals surface area contributed by atoms with Crippen LogP contribution in [0.15, 0.2) is 54.4 Å². The largest absolute Gasteiger partial charge is 0.399 e. The Morgan fingerprint density at radius 1 is 1.26 bits per heavy atom. The summed E-state index contributed by atoms with van der Waals surface area (Å²) in [6, 6.07) is 9.88. The Kier molecular flexibility index (Phi) is 7.15. The average molecular weight is 570 g/mol. The van der Waals surface area contributed by atoms with E-state index in [0.717, 1.165) is 16.2 Å². The first kappa shape index (κ1) is 26.1. The highest BCUT2D eigenvalue weighted by Crippen LogP contribution is 2.36. The summed E-state index contributed by atoms with van der Waals surface area (Å²) >= 11 is 7.53. The fraction of sp³-hybridized carbons (Fsp3) is 0.125. The Hall–Kier alpha value is -4.53. The van der Waals surface area contributed by atoms with Gasteiger partial charge >= 0.3 is 0 Å². The molecule has 0 bridgehead atoms. The van der Waals surface area contributed by atoms with Crippen molar-refractivity contribution in [3.05, 3.63) is 88.0 Å². The summed E-state index contributed by atoms with van der Waals surface area (Å²) in [4.78, 5) is 43.6. The van der Waals surface area contributed by atoms with E-state index >= 15 is 0 Å². The second-order valence-corrected chi connectivity index (χ2v) is 9.68. The highest BCUT2D eigenvalue weighted by atomic mass is 35.5. The third-order valence-corrected chi connectivity index (χ3v) is 7.08. The van der Waals surface area contributed by atoms with Crippen LogP contribution in [0.5, 0.6) is 0 Å². The van der Waals surface area contributed by atoms with E-state index in [2.05, 4.69) is 30.7 Å². The maximum atomic E-state index is 14.2. The van der Waals surface area contributed by atoms with Gasteiger partial charge in [-0.15, -0.1) is 0 Å². The van der Waals surface area contributed by atoms with Gasteiger partial charge in [0.1, 0.15) is 18.1 Å². The zero-order valence-corrected chi connectivity index (χ0v) is 21.6. The van der Waals surface area contributed by atoms with Crippen LogP contribution < -0.4 is 33.0 Å². The minimum absolute atomic E-state index is 0.0281. The Morgan fingerprint density at radius 3 is 2.85 bits per heavy atom. The molecule has 0 saturated heterocycles. The third-order valence-electron chi connectivity index (χ3n) is 5.91. The first-order valence-electron chi connectivity index (χ1n) is 11.5. The molecule has 4 aromatic rings. The molecular weight excluding hydrogens is 549 g/mol. The van der Waals surface area contributed by atoms with E-state index < -0.39 is 29.6 Å². The highest BCUT2D eigenvalue weighted by molar-refractivity contribution is 7.13. The van der Waals surface area contributed by atoms with E-state index in [0.29, 0.717) is 5.39 Å². The lowest BCUT2D eigenvalue weighted by Crippen LogP contribution is -2.41. The monoisotopic (exact) mass is 569 g/mol. The first-order valence-corrected chi connectivity index (χ1v) is 12.6. The van der Waals surface area contributed by atoms with Crippen LogP contribution in [0.3, 0.4) is 0 Å². The summed E-state index contributed by atoms with van der Waals surface area (Å²) in [6.07, 6.45) is 1.29. The molecule has 8 N–H and O–H groups in total. The molecule has 1 atom stereocenters. The van der Waals surface area contributed by atoms with Gasteiger partial charge in [0.15, 0.2) is 5.82 Å². The van der Waals surface area contributed by atoms with Gasteiger partial charge in [-0.3, -0.25) is 20.2 Å². The van der Waals surface area contributed by atoms with E-state index in [1.807, 2.05) is 12.1 Å². The summed E-state index contributed by atoms with van der Waals surface area (Å²) in [5.41, 5.74) is 8.87. The molecule has 0 fully saturated rings. The molecule has 200 valence electrons. The predicted octanol–water partition coefficient (Wildman–Crippen LogP) is 1.75. The van der Waals surface area contributed by atoms with Crippen molar-refractivity contribution in [3.63, 3.8) is 0 Å². The molecule has 0 radical (unpaired) electrons. The molecule has 0 spiro atoms. The number of hydrogen-bond acceptors (Lipinski definition) is 9. The summed E-state index contributed by atoms with van der Waals surface area (Å²) in [5.74, 6) is 2.68. The van der Waals surface area contributed by atoms with Crippen molar-refractivity contribution < 1.29 is 18.8 Å². The van der Waals surface area contributed by atoms with Crippen molar-refractivity contribution in [2.24, 2.45) is 11.6 Å². The summed E-state index contributed by atoms with van der Waals surface area (Å²) in [6.45, 7) is -0.372. The SMILES string of the molecule is NN/C=C(\N)CNC(=O)c1nc(NC(=O)c2nsc3ccccc23)c2n1CC(=O)NC2c1cc(F)ccc1Cl. The van der Waals surface area contributed by atoms with Crippen molar-refractivity contribution in [1.29, 1.82) is 0 Å². The molecular formula is C24H21ClFN9O3S. The Balaban J connectivity index is 1.60. The summed E-state index contributed by atoms with van der Waals surface area (Å²) in [5, 5.41) is 8.86. The smallest absolute Gasteiger partial charge is 0.287 e. The van der Waals surface area contributed by atoms with Gasteiger partial charge in [0.2, 0.25) is 11.7 Å². The number of nitrogens with zero attached hydrogens (tertiary/aromatic N) is 3. The topological polar surface area (TPSA) is 182 Å². The van der Waals surface area contributed by atoms with Gasteiger partial charge < -0.3 is 31.7 Å². The molecule has 1 aliphatic rings. The second kappa shape index (κ2) is 10.7. The van der Waals surface area contributed by atoms with Crippen LogP contribution >= 0.6 is 23.1 Å². The Morgan fingerprint density at radius 2 is 2.05 bits per heavy atom. The quantitative estimate of drug-likeness (QED) is 0.144. The highest BCUT2D eigenvalue weighted by Gasteiger charge is 2.36. The number of hydrazine groups is 1. The lowest BCUT2D eigenvalue weighted by atomic mass is 10.0. The fourth-order valence-electron chi connectivity index (χ4n) is 4.20. The third kappa shape index (κ3) is 5.12. The second-order valence-electron chi connectivity index (χ2n) is 8.47. The zero-order valence-electron chi connectivity index (χ0n) is 20.0. The maximum absolute atomic E-state index is 14.2. The van der Waals surface area contributed by atoms with E-state index in [9.17, 15) is 18.8 Å². The minimum atomic E-state index is -1.03. The zero-order chi connectivity index (χ0) is 27.7. The molecule has 15 heteroatoms. The van der Waals surface area contributed by atoms with E-state index in [1.165, 1.54) is 29.0 Å². The number of nitrogens with two attached hydrogens (primary N) is 2. The molecule has 2 aromatic carbocycles. The number of rotatable bonds is 7. The van der Waals surface area contributed by atoms with Crippen molar-refractivity contribution in [1.82, 2.24) is 30.0 Å². The number of halogens is 2. The standard InChI is InChI=1S/C24H21ClFN9O3S/c25-15-6-5-11(26)7-14(15)18-20-21(33-23(37)19-13-3-1-2-4-16(13)39-34-19)32-22(35(20)10-17(36)31-18)24(38)29-8-12(27)9-30-28/h1-7,9,18,30H,8,10,27-28H2,(H,29,38)(H,31,36)(H,33,37)/b12-9-.